The Morgan fingerprint density at radius 2 is 1.59 bits per heavy atom. The van der Waals surface area contributed by atoms with E-state index in [1.54, 1.807) is 6.07 Å². The van der Waals surface area contributed by atoms with E-state index in [1.165, 1.54) is 0 Å². The second kappa shape index (κ2) is 11.7. The number of para-hydroxylation sites is 1. The van der Waals surface area contributed by atoms with Gasteiger partial charge in [-0.2, -0.15) is 0 Å². The molecule has 3 aromatic carbocycles. The first-order valence-corrected chi connectivity index (χ1v) is 11.5. The quantitative estimate of drug-likeness (QED) is 0.170. The molecule has 4 nitrogen and oxygen atoms in total. The van der Waals surface area contributed by atoms with Crippen molar-refractivity contribution in [2.75, 3.05) is 0 Å². The van der Waals surface area contributed by atoms with Crippen LogP contribution in [0, 0.1) is 11.8 Å². The fourth-order valence-electron chi connectivity index (χ4n) is 3.50. The van der Waals surface area contributed by atoms with Crippen molar-refractivity contribution in [3.05, 3.63) is 107 Å². The van der Waals surface area contributed by atoms with Crippen molar-refractivity contribution >= 4 is 16.9 Å². The summed E-state index contributed by atoms with van der Waals surface area (Å²) in [6, 6.07) is 27.0. The first-order valence-electron chi connectivity index (χ1n) is 11.5. The molecule has 4 heteroatoms. The largest absolute Gasteiger partial charge is 0.488 e. The molecule has 0 aliphatic rings. The molecule has 0 atom stereocenters. The van der Waals surface area contributed by atoms with Crippen LogP contribution in [0.2, 0.25) is 0 Å². The van der Waals surface area contributed by atoms with Crippen LogP contribution in [0.15, 0.2) is 84.9 Å². The van der Waals surface area contributed by atoms with Gasteiger partial charge in [-0.25, -0.2) is 9.78 Å². The van der Waals surface area contributed by atoms with Crippen LogP contribution >= 0.6 is 0 Å². The van der Waals surface area contributed by atoms with Gasteiger partial charge in [-0.3, -0.25) is 0 Å². The minimum atomic E-state index is -0.496. The Balaban J connectivity index is 1.67. The van der Waals surface area contributed by atoms with E-state index in [2.05, 4.69) is 23.7 Å². The highest BCUT2D eigenvalue weighted by molar-refractivity contribution is 5.96. The number of carbonyl (C=O) groups is 1. The second-order valence-electron chi connectivity index (χ2n) is 7.95. The molecular weight excluding hydrogens is 422 g/mol. The predicted molar refractivity (Wildman–Crippen MR) is 134 cm³/mol. The van der Waals surface area contributed by atoms with Crippen molar-refractivity contribution in [3.8, 4) is 17.6 Å². The highest BCUT2D eigenvalue weighted by Crippen LogP contribution is 2.29. The van der Waals surface area contributed by atoms with Crippen LogP contribution in [0.4, 0.5) is 0 Å². The van der Waals surface area contributed by atoms with Gasteiger partial charge in [0, 0.05) is 17.9 Å². The molecule has 170 valence electrons. The van der Waals surface area contributed by atoms with Gasteiger partial charge in [0.05, 0.1) is 11.1 Å². The number of pyridine rings is 1. The zero-order valence-electron chi connectivity index (χ0n) is 19.3. The summed E-state index contributed by atoms with van der Waals surface area (Å²) < 4.78 is 11.7. The lowest BCUT2D eigenvalue weighted by Crippen LogP contribution is -2.09. The van der Waals surface area contributed by atoms with Gasteiger partial charge >= 0.3 is 5.97 Å². The summed E-state index contributed by atoms with van der Waals surface area (Å²) >= 11 is 0. The van der Waals surface area contributed by atoms with Crippen molar-refractivity contribution in [3.63, 3.8) is 0 Å². The number of aromatic nitrogens is 1. The number of nitrogens with zero attached hydrogens (tertiary/aromatic N) is 1. The molecule has 0 amide bonds. The summed E-state index contributed by atoms with van der Waals surface area (Å²) in [5, 5.41) is 0.817. The van der Waals surface area contributed by atoms with Gasteiger partial charge < -0.3 is 9.47 Å². The van der Waals surface area contributed by atoms with Gasteiger partial charge in [-0.05, 0) is 29.7 Å². The molecule has 0 unspecified atom stereocenters. The molecule has 0 saturated heterocycles. The minimum absolute atomic E-state index is 0.179. The van der Waals surface area contributed by atoms with E-state index >= 15 is 0 Å². The number of unbranched alkanes of at least 4 members (excludes halogenated alkanes) is 2. The number of benzene rings is 3. The summed E-state index contributed by atoms with van der Waals surface area (Å²) in [5.41, 5.74) is 3.57. The molecule has 0 saturated carbocycles. The molecule has 0 aliphatic heterocycles. The predicted octanol–water partition coefficient (Wildman–Crippen LogP) is 6.71. The van der Waals surface area contributed by atoms with Crippen LogP contribution in [0.3, 0.4) is 0 Å². The van der Waals surface area contributed by atoms with Crippen LogP contribution in [-0.4, -0.2) is 11.0 Å². The van der Waals surface area contributed by atoms with E-state index in [0.717, 1.165) is 41.3 Å². The smallest absolute Gasteiger partial charge is 0.357 e. The van der Waals surface area contributed by atoms with Crippen LogP contribution < -0.4 is 4.74 Å². The Bertz CT molecular complexity index is 1300. The van der Waals surface area contributed by atoms with Crippen molar-refractivity contribution < 1.29 is 14.3 Å². The third kappa shape index (κ3) is 6.02. The molecule has 0 spiro atoms. The minimum Gasteiger partial charge on any atom is -0.488 e. The van der Waals surface area contributed by atoms with Crippen molar-refractivity contribution in [1.29, 1.82) is 0 Å². The normalized spacial score (nSPS) is 10.4. The monoisotopic (exact) mass is 449 g/mol. The average molecular weight is 450 g/mol. The summed E-state index contributed by atoms with van der Waals surface area (Å²) in [4.78, 5) is 17.6. The first kappa shape index (κ1) is 23.1. The molecule has 0 bridgehead atoms. The molecule has 0 fully saturated rings. The number of hydrogen-bond donors (Lipinski definition) is 0. The Morgan fingerprint density at radius 1 is 0.882 bits per heavy atom. The summed E-state index contributed by atoms with van der Waals surface area (Å²) in [6.45, 7) is 2.70. The van der Waals surface area contributed by atoms with Crippen molar-refractivity contribution in [2.24, 2.45) is 0 Å². The maximum Gasteiger partial charge on any atom is 0.357 e. The summed E-state index contributed by atoms with van der Waals surface area (Å²) in [5.74, 6) is 6.53. The number of ether oxygens (including phenoxy) is 2. The number of carbonyl (C=O) groups excluding carboxylic acids is 1. The Morgan fingerprint density at radius 3 is 2.29 bits per heavy atom. The third-order valence-corrected chi connectivity index (χ3v) is 5.34. The topological polar surface area (TPSA) is 48.4 Å². The maximum atomic E-state index is 12.9. The van der Waals surface area contributed by atoms with Gasteiger partial charge in [0.2, 0.25) is 0 Å². The highest BCUT2D eigenvalue weighted by atomic mass is 16.5. The SMILES string of the molecule is CCCCC#Cc1cccc2c(OCc3ccccc3)cc(C(=O)OCc3ccccc3)nc12. The zero-order chi connectivity index (χ0) is 23.6. The number of fused-ring (bicyclic) bond motifs is 1. The summed E-state index contributed by atoms with van der Waals surface area (Å²) in [7, 11) is 0. The molecular formula is C30H27NO3. The van der Waals surface area contributed by atoms with E-state index in [-0.39, 0.29) is 12.3 Å². The lowest BCUT2D eigenvalue weighted by atomic mass is 10.1. The van der Waals surface area contributed by atoms with Gasteiger partial charge in [0.15, 0.2) is 5.69 Å². The Labute approximate surface area is 200 Å². The lowest BCUT2D eigenvalue weighted by molar-refractivity contribution is 0.0465. The zero-order valence-corrected chi connectivity index (χ0v) is 19.3. The highest BCUT2D eigenvalue weighted by Gasteiger charge is 2.16. The molecule has 4 aromatic rings. The standard InChI is InChI=1S/C30H27NO3/c1-2-3-4-11-17-25-18-12-19-26-28(33-21-23-13-7-5-8-14-23)20-27(31-29(25)26)30(32)34-22-24-15-9-6-10-16-24/h5-10,12-16,18-20H,2-4,21-22H2,1H3. The molecule has 4 rings (SSSR count). The Hall–Kier alpha value is -4.10. The summed E-state index contributed by atoms with van der Waals surface area (Å²) in [6.07, 6.45) is 2.97. The van der Waals surface area contributed by atoms with Gasteiger partial charge in [-0.1, -0.05) is 91.9 Å². The maximum absolute atomic E-state index is 12.9. The molecule has 0 aliphatic carbocycles. The first-order chi connectivity index (χ1) is 16.7. The third-order valence-electron chi connectivity index (χ3n) is 5.34. The fourth-order valence-corrected chi connectivity index (χ4v) is 3.50. The van der Waals surface area contributed by atoms with E-state index < -0.39 is 5.97 Å². The molecule has 1 aromatic heterocycles. The number of esters is 1. The van der Waals surface area contributed by atoms with Crippen LogP contribution in [0.25, 0.3) is 10.9 Å². The lowest BCUT2D eigenvalue weighted by Gasteiger charge is -2.12. The van der Waals surface area contributed by atoms with Crippen molar-refractivity contribution in [2.45, 2.75) is 39.4 Å². The van der Waals surface area contributed by atoms with E-state index in [1.807, 2.05) is 78.9 Å². The molecule has 0 radical (unpaired) electrons. The van der Waals surface area contributed by atoms with Gasteiger partial charge in [-0.15, -0.1) is 0 Å². The van der Waals surface area contributed by atoms with Crippen LogP contribution in [-0.2, 0) is 18.0 Å². The molecule has 34 heavy (non-hydrogen) atoms. The Kier molecular flexibility index (Phi) is 7.92. The van der Waals surface area contributed by atoms with Crippen LogP contribution in [0.1, 0.15) is 53.4 Å². The van der Waals surface area contributed by atoms with E-state index in [9.17, 15) is 4.79 Å². The number of rotatable bonds is 8. The molecule has 1 heterocycles. The average Bonchev–Trinajstić information content (AvgIpc) is 2.89. The van der Waals surface area contributed by atoms with Gasteiger partial charge in [0.1, 0.15) is 19.0 Å². The van der Waals surface area contributed by atoms with Crippen LogP contribution in [0.5, 0.6) is 5.75 Å². The molecule has 0 N–H and O–H groups in total. The van der Waals surface area contributed by atoms with E-state index in [4.69, 9.17) is 9.47 Å². The van der Waals surface area contributed by atoms with Gasteiger partial charge in [0.25, 0.3) is 0 Å². The second-order valence-corrected chi connectivity index (χ2v) is 7.95. The van der Waals surface area contributed by atoms with Crippen molar-refractivity contribution in [1.82, 2.24) is 4.98 Å². The number of hydrogen-bond acceptors (Lipinski definition) is 4. The fraction of sp³-hybridized carbons (Fsp3) is 0.200. The van der Waals surface area contributed by atoms with E-state index in [0.29, 0.717) is 17.9 Å².